The van der Waals surface area contributed by atoms with Crippen LogP contribution in [0.5, 0.6) is 5.75 Å². The topological polar surface area (TPSA) is 38.7 Å². The van der Waals surface area contributed by atoms with Crippen molar-refractivity contribution in [2.24, 2.45) is 0 Å². The second kappa shape index (κ2) is 4.44. The Morgan fingerprint density at radius 3 is 3.14 bits per heavy atom. The van der Waals surface area contributed by atoms with Gasteiger partial charge in [-0.05, 0) is 30.5 Å². The van der Waals surface area contributed by atoms with Gasteiger partial charge >= 0.3 is 0 Å². The van der Waals surface area contributed by atoms with Gasteiger partial charge in [0.15, 0.2) is 6.79 Å². The fraction of sp³-hybridized carbons (Fsp3) is 0.455. The predicted molar refractivity (Wildman–Crippen MR) is 52.1 cm³/mol. The van der Waals surface area contributed by atoms with Crippen LogP contribution in [0.1, 0.15) is 17.5 Å². The van der Waals surface area contributed by atoms with Crippen molar-refractivity contribution in [3.63, 3.8) is 0 Å². The molecule has 2 rings (SSSR count). The monoisotopic (exact) mass is 194 g/mol. The third kappa shape index (κ3) is 2.05. The Morgan fingerprint density at radius 2 is 2.29 bits per heavy atom. The van der Waals surface area contributed by atoms with Crippen molar-refractivity contribution in [2.75, 3.05) is 13.4 Å². The predicted octanol–water partition coefficient (Wildman–Crippen LogP) is 1.48. The van der Waals surface area contributed by atoms with Crippen LogP contribution in [-0.2, 0) is 17.8 Å². The van der Waals surface area contributed by atoms with Crippen molar-refractivity contribution in [3.05, 3.63) is 29.3 Å². The molecule has 1 aliphatic heterocycles. The summed E-state index contributed by atoms with van der Waals surface area (Å²) in [4.78, 5) is 0. The molecule has 0 amide bonds. The van der Waals surface area contributed by atoms with Crippen molar-refractivity contribution in [2.45, 2.75) is 19.4 Å². The number of fused-ring (bicyclic) bond motifs is 1. The van der Waals surface area contributed by atoms with Crippen molar-refractivity contribution < 1.29 is 14.6 Å². The molecule has 1 heterocycles. The molecular formula is C11H14O3. The van der Waals surface area contributed by atoms with Gasteiger partial charge in [-0.2, -0.15) is 0 Å². The molecule has 14 heavy (non-hydrogen) atoms. The molecule has 0 aromatic heterocycles. The van der Waals surface area contributed by atoms with Gasteiger partial charge in [-0.3, -0.25) is 0 Å². The third-order valence-corrected chi connectivity index (χ3v) is 2.30. The zero-order valence-electron chi connectivity index (χ0n) is 8.03. The van der Waals surface area contributed by atoms with Gasteiger partial charge in [0.25, 0.3) is 0 Å². The van der Waals surface area contributed by atoms with Crippen LogP contribution in [0.25, 0.3) is 0 Å². The van der Waals surface area contributed by atoms with E-state index in [0.29, 0.717) is 13.4 Å². The normalized spacial score (nSPS) is 14.6. The summed E-state index contributed by atoms with van der Waals surface area (Å²) in [7, 11) is 0. The maximum absolute atomic E-state index is 8.72. The zero-order chi connectivity index (χ0) is 9.80. The lowest BCUT2D eigenvalue weighted by atomic mass is 10.1. The summed E-state index contributed by atoms with van der Waals surface area (Å²) in [5.41, 5.74) is 2.33. The molecule has 0 unspecified atom stereocenters. The first-order valence-corrected chi connectivity index (χ1v) is 4.83. The lowest BCUT2D eigenvalue weighted by Gasteiger charge is -2.18. The van der Waals surface area contributed by atoms with Crippen LogP contribution in [0.15, 0.2) is 18.2 Å². The highest BCUT2D eigenvalue weighted by Gasteiger charge is 2.10. The first-order chi connectivity index (χ1) is 6.90. The minimum Gasteiger partial charge on any atom is -0.467 e. The molecule has 1 aromatic carbocycles. The Balaban J connectivity index is 2.12. The van der Waals surface area contributed by atoms with Crippen LogP contribution in [0.4, 0.5) is 0 Å². The SMILES string of the molecule is OCCCc1ccc2c(c1)COCO2. The summed E-state index contributed by atoms with van der Waals surface area (Å²) in [6.07, 6.45) is 1.71. The van der Waals surface area contributed by atoms with Crippen LogP contribution < -0.4 is 4.74 Å². The van der Waals surface area contributed by atoms with Crippen molar-refractivity contribution in [1.29, 1.82) is 0 Å². The maximum Gasteiger partial charge on any atom is 0.189 e. The van der Waals surface area contributed by atoms with Gasteiger partial charge in [0, 0.05) is 12.2 Å². The highest BCUT2D eigenvalue weighted by molar-refractivity contribution is 5.37. The lowest BCUT2D eigenvalue weighted by molar-refractivity contribution is -0.0164. The molecule has 0 saturated carbocycles. The number of aryl methyl sites for hydroxylation is 1. The number of aliphatic hydroxyl groups is 1. The van der Waals surface area contributed by atoms with Gasteiger partial charge < -0.3 is 14.6 Å². The van der Waals surface area contributed by atoms with Gasteiger partial charge in [-0.15, -0.1) is 0 Å². The molecular weight excluding hydrogens is 180 g/mol. The number of benzene rings is 1. The molecule has 1 aliphatic rings. The van der Waals surface area contributed by atoms with Crippen LogP contribution in [-0.4, -0.2) is 18.5 Å². The highest BCUT2D eigenvalue weighted by atomic mass is 16.7. The number of hydrogen-bond donors (Lipinski definition) is 1. The third-order valence-electron chi connectivity index (χ3n) is 2.30. The summed E-state index contributed by atoms with van der Waals surface area (Å²) in [6.45, 7) is 1.22. The quantitative estimate of drug-likeness (QED) is 0.792. The van der Waals surface area contributed by atoms with E-state index >= 15 is 0 Å². The molecule has 1 aromatic rings. The summed E-state index contributed by atoms with van der Waals surface area (Å²) >= 11 is 0. The van der Waals surface area contributed by atoms with E-state index in [-0.39, 0.29) is 6.61 Å². The fourth-order valence-corrected chi connectivity index (χ4v) is 1.58. The first kappa shape index (κ1) is 9.49. The smallest absolute Gasteiger partial charge is 0.189 e. The van der Waals surface area contributed by atoms with Crippen LogP contribution in [0, 0.1) is 0 Å². The Kier molecular flexibility index (Phi) is 3.01. The van der Waals surface area contributed by atoms with Crippen molar-refractivity contribution >= 4 is 0 Å². The van der Waals surface area contributed by atoms with Crippen molar-refractivity contribution in [1.82, 2.24) is 0 Å². The Morgan fingerprint density at radius 1 is 1.36 bits per heavy atom. The van der Waals surface area contributed by atoms with E-state index in [9.17, 15) is 0 Å². The first-order valence-electron chi connectivity index (χ1n) is 4.83. The van der Waals surface area contributed by atoms with E-state index in [2.05, 4.69) is 6.07 Å². The average Bonchev–Trinajstić information content (AvgIpc) is 2.26. The van der Waals surface area contributed by atoms with E-state index in [0.717, 1.165) is 24.2 Å². The number of rotatable bonds is 3. The van der Waals surface area contributed by atoms with E-state index in [1.165, 1.54) is 5.56 Å². The summed E-state index contributed by atoms with van der Waals surface area (Å²) in [6, 6.07) is 6.11. The van der Waals surface area contributed by atoms with E-state index < -0.39 is 0 Å². The summed E-state index contributed by atoms with van der Waals surface area (Å²) in [5.74, 6) is 0.920. The van der Waals surface area contributed by atoms with Gasteiger partial charge in [0.2, 0.25) is 0 Å². The molecule has 3 heteroatoms. The molecule has 0 bridgehead atoms. The molecule has 1 N–H and O–H groups in total. The zero-order valence-corrected chi connectivity index (χ0v) is 8.03. The van der Waals surface area contributed by atoms with Crippen LogP contribution >= 0.6 is 0 Å². The second-order valence-corrected chi connectivity index (χ2v) is 3.38. The number of aliphatic hydroxyl groups excluding tert-OH is 1. The van der Waals surface area contributed by atoms with Gasteiger partial charge in [0.05, 0.1) is 6.61 Å². The van der Waals surface area contributed by atoms with Gasteiger partial charge in [0.1, 0.15) is 5.75 Å². The number of ether oxygens (including phenoxy) is 2. The van der Waals surface area contributed by atoms with Crippen LogP contribution in [0.3, 0.4) is 0 Å². The average molecular weight is 194 g/mol. The summed E-state index contributed by atoms with van der Waals surface area (Å²) < 4.78 is 10.5. The standard InChI is InChI=1S/C11H14O3/c12-5-1-2-9-3-4-11-10(6-9)7-13-8-14-11/h3-4,6,12H,1-2,5,7-8H2. The van der Waals surface area contributed by atoms with Crippen LogP contribution in [0.2, 0.25) is 0 Å². The number of hydrogen-bond acceptors (Lipinski definition) is 3. The molecule has 0 spiro atoms. The fourth-order valence-electron chi connectivity index (χ4n) is 1.58. The van der Waals surface area contributed by atoms with Gasteiger partial charge in [-0.1, -0.05) is 6.07 Å². The molecule has 0 radical (unpaired) electrons. The highest BCUT2D eigenvalue weighted by Crippen LogP contribution is 2.24. The molecule has 0 atom stereocenters. The van der Waals surface area contributed by atoms with Gasteiger partial charge in [-0.25, -0.2) is 0 Å². The van der Waals surface area contributed by atoms with E-state index in [4.69, 9.17) is 14.6 Å². The van der Waals surface area contributed by atoms with E-state index in [1.54, 1.807) is 0 Å². The Labute approximate surface area is 83.3 Å². The minimum atomic E-state index is 0.240. The minimum absolute atomic E-state index is 0.240. The summed E-state index contributed by atoms with van der Waals surface area (Å²) in [5, 5.41) is 8.72. The molecule has 0 saturated heterocycles. The lowest BCUT2D eigenvalue weighted by Crippen LogP contribution is -2.11. The van der Waals surface area contributed by atoms with E-state index in [1.807, 2.05) is 12.1 Å². The Hall–Kier alpha value is -1.06. The Bertz CT molecular complexity index is 309. The maximum atomic E-state index is 8.72. The molecule has 0 aliphatic carbocycles. The molecule has 3 nitrogen and oxygen atoms in total. The van der Waals surface area contributed by atoms with Crippen molar-refractivity contribution in [3.8, 4) is 5.75 Å². The molecule has 0 fully saturated rings. The molecule has 76 valence electrons. The second-order valence-electron chi connectivity index (χ2n) is 3.38. The largest absolute Gasteiger partial charge is 0.467 e.